The zero-order valence-corrected chi connectivity index (χ0v) is 12.4. The summed E-state index contributed by atoms with van der Waals surface area (Å²) in [7, 11) is 0. The predicted octanol–water partition coefficient (Wildman–Crippen LogP) is 4.16. The third-order valence-electron chi connectivity index (χ3n) is 3.31. The van der Waals surface area contributed by atoms with E-state index in [1.54, 1.807) is 0 Å². The number of rotatable bonds is 6. The molecule has 0 aromatic heterocycles. The van der Waals surface area contributed by atoms with Gasteiger partial charge in [0.15, 0.2) is 0 Å². The lowest BCUT2D eigenvalue weighted by Gasteiger charge is -2.12. The number of alkyl halides is 1. The van der Waals surface area contributed by atoms with E-state index in [4.69, 9.17) is 16.3 Å². The fraction of sp³-hybridized carbons (Fsp3) is 0.294. The molecular formula is C17H19ClO2. The minimum Gasteiger partial charge on any atom is -0.494 e. The topological polar surface area (TPSA) is 29.5 Å². The minimum atomic E-state index is 0.0611. The van der Waals surface area contributed by atoms with Gasteiger partial charge in [-0.1, -0.05) is 30.3 Å². The maximum absolute atomic E-state index is 9.35. The average molecular weight is 291 g/mol. The van der Waals surface area contributed by atoms with Gasteiger partial charge in [-0.15, -0.1) is 11.6 Å². The van der Waals surface area contributed by atoms with Gasteiger partial charge in [0.1, 0.15) is 5.75 Å². The van der Waals surface area contributed by atoms with Crippen LogP contribution in [0.1, 0.15) is 17.5 Å². The van der Waals surface area contributed by atoms with E-state index < -0.39 is 0 Å². The van der Waals surface area contributed by atoms with Crippen LogP contribution in [0.4, 0.5) is 0 Å². The van der Waals surface area contributed by atoms with Crippen molar-refractivity contribution in [2.45, 2.75) is 20.0 Å². The molecule has 2 aromatic carbocycles. The smallest absolute Gasteiger partial charge is 0.119 e. The van der Waals surface area contributed by atoms with Gasteiger partial charge >= 0.3 is 0 Å². The second kappa shape index (κ2) is 7.32. The van der Waals surface area contributed by atoms with Gasteiger partial charge in [-0.05, 0) is 47.7 Å². The largest absolute Gasteiger partial charge is 0.494 e. The molecule has 3 heteroatoms. The van der Waals surface area contributed by atoms with Crippen LogP contribution >= 0.6 is 11.6 Å². The Morgan fingerprint density at radius 3 is 2.70 bits per heavy atom. The Morgan fingerprint density at radius 2 is 1.95 bits per heavy atom. The van der Waals surface area contributed by atoms with Crippen molar-refractivity contribution in [1.82, 2.24) is 0 Å². The van der Waals surface area contributed by atoms with Gasteiger partial charge in [-0.2, -0.15) is 0 Å². The van der Waals surface area contributed by atoms with E-state index in [0.717, 1.165) is 34.4 Å². The van der Waals surface area contributed by atoms with Crippen molar-refractivity contribution in [3.05, 3.63) is 53.6 Å². The first-order chi connectivity index (χ1) is 9.76. The van der Waals surface area contributed by atoms with Gasteiger partial charge in [0.2, 0.25) is 0 Å². The van der Waals surface area contributed by atoms with E-state index in [0.29, 0.717) is 12.5 Å². The van der Waals surface area contributed by atoms with Crippen molar-refractivity contribution < 1.29 is 9.84 Å². The number of aliphatic hydroxyl groups excluding tert-OH is 1. The van der Waals surface area contributed by atoms with Gasteiger partial charge in [0.25, 0.3) is 0 Å². The second-order valence-corrected chi connectivity index (χ2v) is 5.04. The van der Waals surface area contributed by atoms with Crippen LogP contribution in [0.3, 0.4) is 0 Å². The molecule has 0 saturated heterocycles. The number of halogens is 1. The molecule has 0 atom stereocenters. The molecule has 2 nitrogen and oxygen atoms in total. The van der Waals surface area contributed by atoms with Gasteiger partial charge in [0.05, 0.1) is 13.2 Å². The Bertz CT molecular complexity index is 567. The van der Waals surface area contributed by atoms with Crippen molar-refractivity contribution >= 4 is 11.6 Å². The summed E-state index contributed by atoms with van der Waals surface area (Å²) >= 11 is 5.65. The van der Waals surface area contributed by atoms with Crippen LogP contribution in [-0.4, -0.2) is 17.6 Å². The number of aliphatic hydroxyl groups is 1. The number of ether oxygens (including phenoxy) is 1. The summed E-state index contributed by atoms with van der Waals surface area (Å²) in [5.41, 5.74) is 4.28. The molecule has 0 aliphatic carbocycles. The van der Waals surface area contributed by atoms with Crippen LogP contribution in [0.25, 0.3) is 11.1 Å². The first-order valence-corrected chi connectivity index (χ1v) is 7.28. The number of hydrogen-bond donors (Lipinski definition) is 1. The first kappa shape index (κ1) is 14.9. The molecule has 0 saturated carbocycles. The fourth-order valence-electron chi connectivity index (χ4n) is 2.17. The number of benzene rings is 2. The van der Waals surface area contributed by atoms with Crippen molar-refractivity contribution in [2.24, 2.45) is 0 Å². The molecule has 0 fully saturated rings. The molecule has 2 aromatic rings. The summed E-state index contributed by atoms with van der Waals surface area (Å²) in [6.45, 7) is 2.72. The Labute approximate surface area is 125 Å². The lowest BCUT2D eigenvalue weighted by Crippen LogP contribution is -1.98. The van der Waals surface area contributed by atoms with Gasteiger partial charge in [-0.3, -0.25) is 0 Å². The summed E-state index contributed by atoms with van der Waals surface area (Å²) in [6, 6.07) is 14.0. The lowest BCUT2D eigenvalue weighted by molar-refractivity contribution is 0.281. The van der Waals surface area contributed by atoms with Crippen molar-refractivity contribution in [1.29, 1.82) is 0 Å². The highest BCUT2D eigenvalue weighted by Gasteiger charge is 2.06. The minimum absolute atomic E-state index is 0.0611. The van der Waals surface area contributed by atoms with Crippen LogP contribution in [0.15, 0.2) is 42.5 Å². The average Bonchev–Trinajstić information content (AvgIpc) is 2.48. The zero-order valence-electron chi connectivity index (χ0n) is 11.6. The Kier molecular flexibility index (Phi) is 5.45. The molecular weight excluding hydrogens is 272 g/mol. The van der Waals surface area contributed by atoms with Crippen molar-refractivity contribution in [3.63, 3.8) is 0 Å². The molecule has 0 aliphatic heterocycles. The van der Waals surface area contributed by atoms with Gasteiger partial charge < -0.3 is 9.84 Å². The van der Waals surface area contributed by atoms with E-state index in [1.165, 1.54) is 0 Å². The molecule has 2 rings (SSSR count). The molecule has 1 N–H and O–H groups in total. The molecule has 20 heavy (non-hydrogen) atoms. The summed E-state index contributed by atoms with van der Waals surface area (Å²) in [6.07, 6.45) is 0.838. The van der Waals surface area contributed by atoms with Crippen LogP contribution in [0.2, 0.25) is 0 Å². The first-order valence-electron chi connectivity index (χ1n) is 6.75. The molecule has 0 heterocycles. The highest BCUT2D eigenvalue weighted by Crippen LogP contribution is 2.28. The van der Waals surface area contributed by atoms with Crippen LogP contribution in [-0.2, 0) is 6.61 Å². The summed E-state index contributed by atoms with van der Waals surface area (Å²) in [5, 5.41) is 9.35. The summed E-state index contributed by atoms with van der Waals surface area (Å²) in [5.74, 6) is 1.46. The standard InChI is InChI=1S/C17H19ClO2/c1-13-15(12-19)6-3-8-17(13)14-5-2-7-16(11-14)20-10-4-9-18/h2-3,5-8,11,19H,4,9-10,12H2,1H3. The van der Waals surface area contributed by atoms with Crippen LogP contribution in [0, 0.1) is 6.92 Å². The fourth-order valence-corrected chi connectivity index (χ4v) is 2.27. The normalized spacial score (nSPS) is 10.6. The van der Waals surface area contributed by atoms with Crippen LogP contribution in [0.5, 0.6) is 5.75 Å². The molecule has 0 radical (unpaired) electrons. The Balaban J connectivity index is 2.26. The summed E-state index contributed by atoms with van der Waals surface area (Å²) < 4.78 is 5.67. The monoisotopic (exact) mass is 290 g/mol. The van der Waals surface area contributed by atoms with E-state index >= 15 is 0 Å². The van der Waals surface area contributed by atoms with Crippen molar-refractivity contribution in [3.8, 4) is 16.9 Å². The van der Waals surface area contributed by atoms with E-state index in [9.17, 15) is 5.11 Å². The van der Waals surface area contributed by atoms with E-state index in [-0.39, 0.29) is 6.61 Å². The predicted molar refractivity (Wildman–Crippen MR) is 83.4 cm³/mol. The van der Waals surface area contributed by atoms with Crippen molar-refractivity contribution in [2.75, 3.05) is 12.5 Å². The van der Waals surface area contributed by atoms with Gasteiger partial charge in [-0.25, -0.2) is 0 Å². The van der Waals surface area contributed by atoms with Crippen LogP contribution < -0.4 is 4.74 Å². The Hall–Kier alpha value is -1.51. The molecule has 0 amide bonds. The maximum atomic E-state index is 9.35. The molecule has 0 spiro atoms. The third kappa shape index (κ3) is 3.53. The van der Waals surface area contributed by atoms with E-state index in [1.807, 2.05) is 37.3 Å². The summed E-state index contributed by atoms with van der Waals surface area (Å²) in [4.78, 5) is 0. The number of hydrogen-bond acceptors (Lipinski definition) is 2. The van der Waals surface area contributed by atoms with E-state index in [2.05, 4.69) is 12.1 Å². The SMILES string of the molecule is Cc1c(CO)cccc1-c1cccc(OCCCCl)c1. The Morgan fingerprint density at radius 1 is 1.15 bits per heavy atom. The second-order valence-electron chi connectivity index (χ2n) is 4.67. The maximum Gasteiger partial charge on any atom is 0.119 e. The molecule has 0 bridgehead atoms. The molecule has 106 valence electrons. The molecule has 0 unspecified atom stereocenters. The highest BCUT2D eigenvalue weighted by atomic mass is 35.5. The van der Waals surface area contributed by atoms with Gasteiger partial charge in [0, 0.05) is 5.88 Å². The molecule has 0 aliphatic rings. The third-order valence-corrected chi connectivity index (χ3v) is 3.58. The zero-order chi connectivity index (χ0) is 14.4. The lowest BCUT2D eigenvalue weighted by atomic mass is 9.96. The quantitative estimate of drug-likeness (QED) is 0.639. The highest BCUT2D eigenvalue weighted by molar-refractivity contribution is 6.17.